The van der Waals surface area contributed by atoms with Crippen molar-refractivity contribution in [3.8, 4) is 0 Å². The Labute approximate surface area is 138 Å². The second-order valence-electron chi connectivity index (χ2n) is 4.64. The molecule has 4 N–H and O–H groups in total. The van der Waals surface area contributed by atoms with Crippen molar-refractivity contribution in [1.82, 2.24) is 0 Å². The first-order valence-electron chi connectivity index (χ1n) is 7.86. The maximum absolute atomic E-state index is 13.3. The van der Waals surface area contributed by atoms with Crippen molar-refractivity contribution in [2.45, 2.75) is 46.7 Å². The van der Waals surface area contributed by atoms with Crippen molar-refractivity contribution in [1.29, 1.82) is 0 Å². The molecule has 0 spiro atoms. The monoisotopic (exact) mass is 321 g/mol. The molecule has 0 aliphatic rings. The van der Waals surface area contributed by atoms with Crippen LogP contribution in [0, 0.1) is 0 Å². The molecule has 0 saturated carbocycles. The molecule has 1 rings (SSSR count). The van der Waals surface area contributed by atoms with Crippen LogP contribution in [0.3, 0.4) is 0 Å². The molecule has 1 aromatic rings. The average Bonchev–Trinajstić information content (AvgIpc) is 2.53. The highest BCUT2D eigenvalue weighted by molar-refractivity contribution is 6.03. The van der Waals surface area contributed by atoms with Gasteiger partial charge in [0, 0.05) is 6.54 Å². The van der Waals surface area contributed by atoms with Gasteiger partial charge in [0.15, 0.2) is 18.0 Å². The second-order valence-corrected chi connectivity index (χ2v) is 4.64. The van der Waals surface area contributed by atoms with Crippen LogP contribution in [0.5, 0.6) is 0 Å². The van der Waals surface area contributed by atoms with Crippen LogP contribution < -0.4 is 11.5 Å². The van der Waals surface area contributed by atoms with Crippen LogP contribution in [0.2, 0.25) is 0 Å². The quantitative estimate of drug-likeness (QED) is 0.496. The first-order valence-corrected chi connectivity index (χ1v) is 7.86. The Bertz CT molecular complexity index is 517. The number of aryl methyl sites for hydroxylation is 1. The molecule has 0 aliphatic carbocycles. The fourth-order valence-electron chi connectivity index (χ4n) is 1.71. The number of hydrogen-bond acceptors (Lipinski definition) is 1. The summed E-state index contributed by atoms with van der Waals surface area (Å²) in [5.41, 5.74) is 11.7. The molecule has 6 heteroatoms. The molecule has 1 atom stereocenters. The molecule has 1 aromatic carbocycles. The van der Waals surface area contributed by atoms with E-state index in [2.05, 4.69) is 27.1 Å². The molecule has 5 nitrogen and oxygen atoms in total. The molecular weight excluding hydrogens is 293 g/mol. The number of benzene rings is 1. The largest absolute Gasteiger partial charge is 0.370 e. The van der Waals surface area contributed by atoms with Gasteiger partial charge in [0.25, 0.3) is 0 Å². The predicted molar refractivity (Wildman–Crippen MR) is 97.9 cm³/mol. The molecule has 0 saturated heterocycles. The molecular formula is C17H28FN5. The Morgan fingerprint density at radius 2 is 1.74 bits per heavy atom. The molecule has 1 unspecified atom stereocenters. The van der Waals surface area contributed by atoms with E-state index in [1.807, 2.05) is 32.0 Å². The third kappa shape index (κ3) is 10.2. The predicted octanol–water partition coefficient (Wildman–Crippen LogP) is 3.09. The van der Waals surface area contributed by atoms with Crippen molar-refractivity contribution in [3.63, 3.8) is 0 Å². The van der Waals surface area contributed by atoms with Gasteiger partial charge >= 0.3 is 0 Å². The molecule has 0 amide bonds. The summed E-state index contributed by atoms with van der Waals surface area (Å²) in [7, 11) is 0. The van der Waals surface area contributed by atoms with Crippen molar-refractivity contribution in [3.05, 3.63) is 35.9 Å². The second kappa shape index (κ2) is 12.3. The molecule has 128 valence electrons. The molecule has 0 radical (unpaired) electrons. The first kappa shape index (κ1) is 20.8. The van der Waals surface area contributed by atoms with E-state index < -0.39 is 6.17 Å². The maximum atomic E-state index is 13.3. The van der Waals surface area contributed by atoms with E-state index in [0.717, 1.165) is 12.8 Å². The number of aliphatic imine (C=N–C) groups is 3. The van der Waals surface area contributed by atoms with Crippen LogP contribution >= 0.6 is 0 Å². The van der Waals surface area contributed by atoms with E-state index in [1.54, 1.807) is 6.92 Å². The Kier molecular flexibility index (Phi) is 11.1. The topological polar surface area (TPSA) is 89.1 Å². The number of alkyl halides is 1. The van der Waals surface area contributed by atoms with E-state index >= 15 is 0 Å². The third-order valence-corrected chi connectivity index (χ3v) is 2.68. The highest BCUT2D eigenvalue weighted by Gasteiger charge is 2.08. The number of rotatable bonds is 5. The van der Waals surface area contributed by atoms with Crippen LogP contribution in [0.15, 0.2) is 45.3 Å². The van der Waals surface area contributed by atoms with Gasteiger partial charge in [0.1, 0.15) is 5.84 Å². The molecule has 23 heavy (non-hydrogen) atoms. The van der Waals surface area contributed by atoms with Gasteiger partial charge in [0.2, 0.25) is 0 Å². The molecule has 0 fully saturated rings. The Hall–Kier alpha value is -2.24. The lowest BCUT2D eigenvalue weighted by Gasteiger charge is -2.03. The van der Waals surface area contributed by atoms with Crippen LogP contribution in [-0.4, -0.2) is 30.3 Å². The highest BCUT2D eigenvalue weighted by atomic mass is 19.1. The summed E-state index contributed by atoms with van der Waals surface area (Å²) in [6.07, 6.45) is 0.503. The van der Waals surface area contributed by atoms with Gasteiger partial charge in [-0.3, -0.25) is 4.99 Å². The van der Waals surface area contributed by atoms with Gasteiger partial charge in [-0.2, -0.15) is 4.99 Å². The summed E-state index contributed by atoms with van der Waals surface area (Å²) in [5, 5.41) is 0. The van der Waals surface area contributed by atoms with Gasteiger partial charge in [0.05, 0.1) is 0 Å². The number of amidine groups is 2. The summed E-state index contributed by atoms with van der Waals surface area (Å²) < 4.78 is 13.3. The van der Waals surface area contributed by atoms with E-state index in [0.29, 0.717) is 12.4 Å². The van der Waals surface area contributed by atoms with E-state index in [-0.39, 0.29) is 11.8 Å². The Morgan fingerprint density at radius 3 is 2.26 bits per heavy atom. The zero-order chi connectivity index (χ0) is 17.7. The van der Waals surface area contributed by atoms with Crippen LogP contribution in [0.25, 0.3) is 0 Å². The van der Waals surface area contributed by atoms with E-state index in [1.165, 1.54) is 12.5 Å². The van der Waals surface area contributed by atoms with Crippen LogP contribution in [0.1, 0.15) is 39.7 Å². The fraction of sp³-hybridized carbons (Fsp3) is 0.471. The molecule has 0 bridgehead atoms. The van der Waals surface area contributed by atoms with Gasteiger partial charge < -0.3 is 11.5 Å². The number of hydrogen-bond donors (Lipinski definition) is 2. The van der Waals surface area contributed by atoms with Crippen LogP contribution in [0.4, 0.5) is 4.39 Å². The lowest BCUT2D eigenvalue weighted by Crippen LogP contribution is -2.26. The Morgan fingerprint density at radius 1 is 1.13 bits per heavy atom. The first-order chi connectivity index (χ1) is 11.0. The molecule has 0 aromatic heterocycles. The lowest BCUT2D eigenvalue weighted by atomic mass is 10.1. The Balaban J connectivity index is 0.00000232. The highest BCUT2D eigenvalue weighted by Crippen LogP contribution is 2.03. The SMILES string of the molecule is CC.CC(=NCCCc1ccccc1)N=C(N=C(N)N)C(C)F. The number of nitrogens with zero attached hydrogens (tertiary/aromatic N) is 3. The van der Waals surface area contributed by atoms with Crippen molar-refractivity contribution in [2.75, 3.05) is 6.54 Å². The van der Waals surface area contributed by atoms with Gasteiger partial charge in [-0.05, 0) is 32.3 Å². The number of guanidine groups is 1. The number of halogens is 1. The van der Waals surface area contributed by atoms with Crippen molar-refractivity contribution < 1.29 is 4.39 Å². The minimum Gasteiger partial charge on any atom is -0.370 e. The van der Waals surface area contributed by atoms with Crippen LogP contribution in [-0.2, 0) is 6.42 Å². The fourth-order valence-corrected chi connectivity index (χ4v) is 1.71. The summed E-state index contributed by atoms with van der Waals surface area (Å²) >= 11 is 0. The lowest BCUT2D eigenvalue weighted by molar-refractivity contribution is 0.452. The number of nitrogens with two attached hydrogens (primary N) is 2. The summed E-state index contributed by atoms with van der Waals surface area (Å²) in [4.78, 5) is 11.9. The molecule has 0 aliphatic heterocycles. The summed E-state index contributed by atoms with van der Waals surface area (Å²) in [6.45, 7) is 7.65. The summed E-state index contributed by atoms with van der Waals surface area (Å²) in [6, 6.07) is 10.2. The van der Waals surface area contributed by atoms with E-state index in [9.17, 15) is 4.39 Å². The molecule has 0 heterocycles. The minimum atomic E-state index is -1.35. The van der Waals surface area contributed by atoms with Crippen molar-refractivity contribution in [2.24, 2.45) is 26.4 Å². The van der Waals surface area contributed by atoms with Gasteiger partial charge in [-0.25, -0.2) is 9.38 Å². The normalized spacial score (nSPS) is 12.9. The summed E-state index contributed by atoms with van der Waals surface area (Å²) in [5.74, 6) is 0.196. The van der Waals surface area contributed by atoms with Crippen molar-refractivity contribution >= 4 is 17.6 Å². The van der Waals surface area contributed by atoms with Gasteiger partial charge in [-0.1, -0.05) is 44.2 Å². The average molecular weight is 321 g/mol. The minimum absolute atomic E-state index is 0.0562. The standard InChI is InChI=1S/C15H22FN5.C2H6/c1-11(16)14(21-15(17)18)20-12(2)19-10-6-9-13-7-4-3-5-8-13;1-2/h3-5,7-8,11H,6,9-10H2,1-2H3,(H4,17,18,19,20,21);1-2H3. The van der Waals surface area contributed by atoms with Gasteiger partial charge in [-0.15, -0.1) is 0 Å². The van der Waals surface area contributed by atoms with E-state index in [4.69, 9.17) is 11.5 Å². The third-order valence-electron chi connectivity index (χ3n) is 2.68. The smallest absolute Gasteiger partial charge is 0.192 e. The zero-order valence-electron chi connectivity index (χ0n) is 14.5. The zero-order valence-corrected chi connectivity index (χ0v) is 14.5. The maximum Gasteiger partial charge on any atom is 0.192 e.